The van der Waals surface area contributed by atoms with E-state index in [0.29, 0.717) is 5.56 Å². The van der Waals surface area contributed by atoms with Gasteiger partial charge in [-0.25, -0.2) is 0 Å². The van der Waals surface area contributed by atoms with E-state index in [0.717, 1.165) is 0 Å². The summed E-state index contributed by atoms with van der Waals surface area (Å²) >= 11 is 0. The van der Waals surface area contributed by atoms with Crippen molar-refractivity contribution < 1.29 is 9.59 Å². The predicted molar refractivity (Wildman–Crippen MR) is 68.5 cm³/mol. The first-order valence-electron chi connectivity index (χ1n) is 5.16. The summed E-state index contributed by atoms with van der Waals surface area (Å²) in [7, 11) is 0. The van der Waals surface area contributed by atoms with Crippen LogP contribution in [0.15, 0.2) is 24.3 Å². The van der Waals surface area contributed by atoms with E-state index in [-0.39, 0.29) is 24.6 Å². The summed E-state index contributed by atoms with van der Waals surface area (Å²) in [5, 5.41) is 0. The molecular weight excluding hydrogens is 228 g/mol. The lowest BCUT2D eigenvalue weighted by atomic mass is 10.1. The molecule has 1 rings (SSSR count). The third-order valence-corrected chi connectivity index (χ3v) is 2.25. The van der Waals surface area contributed by atoms with Crippen molar-refractivity contribution in [1.29, 1.82) is 0 Å². The molecule has 4 nitrogen and oxygen atoms in total. The minimum absolute atomic E-state index is 0.115. The smallest absolute Gasteiger partial charge is 0.255 e. The number of hydrogen-bond donors (Lipinski definition) is 1. The molecule has 0 aliphatic heterocycles. The number of nitrogens with two attached hydrogens (primary N) is 1. The Labute approximate surface area is 106 Å². The van der Waals surface area contributed by atoms with E-state index < -0.39 is 5.91 Å². The van der Waals surface area contributed by atoms with E-state index >= 15 is 0 Å². The van der Waals surface area contributed by atoms with E-state index in [4.69, 9.17) is 18.6 Å². The van der Waals surface area contributed by atoms with Gasteiger partial charge in [-0.15, -0.1) is 12.8 Å². The molecule has 0 saturated heterocycles. The van der Waals surface area contributed by atoms with Crippen molar-refractivity contribution >= 4 is 11.8 Å². The Bertz CT molecular complexity index is 534. The summed E-state index contributed by atoms with van der Waals surface area (Å²) in [4.78, 5) is 24.4. The lowest BCUT2D eigenvalue weighted by Gasteiger charge is -2.17. The molecule has 0 spiro atoms. The van der Waals surface area contributed by atoms with Crippen molar-refractivity contribution in [1.82, 2.24) is 4.90 Å². The molecule has 1 aromatic carbocycles. The van der Waals surface area contributed by atoms with Crippen LogP contribution in [0.4, 0.5) is 0 Å². The van der Waals surface area contributed by atoms with Gasteiger partial charge in [0.2, 0.25) is 5.91 Å². The molecule has 4 heteroatoms. The van der Waals surface area contributed by atoms with Crippen LogP contribution in [0.3, 0.4) is 0 Å². The van der Waals surface area contributed by atoms with Gasteiger partial charge in [-0.1, -0.05) is 17.9 Å². The Hall–Kier alpha value is -2.72. The van der Waals surface area contributed by atoms with Crippen LogP contribution in [0.2, 0.25) is 0 Å². The molecule has 0 aliphatic rings. The van der Waals surface area contributed by atoms with Crippen LogP contribution < -0.4 is 5.73 Å². The molecular formula is C14H12N2O2. The van der Waals surface area contributed by atoms with Crippen LogP contribution in [0.25, 0.3) is 0 Å². The zero-order chi connectivity index (χ0) is 13.5. The minimum atomic E-state index is -0.593. The van der Waals surface area contributed by atoms with Gasteiger partial charge in [0, 0.05) is 11.1 Å². The molecule has 90 valence electrons. The number of benzene rings is 1. The first-order chi connectivity index (χ1) is 8.60. The Balaban J connectivity index is 3.02. The summed E-state index contributed by atoms with van der Waals surface area (Å²) in [5.74, 6) is 3.80. The summed E-state index contributed by atoms with van der Waals surface area (Å²) < 4.78 is 0. The fourth-order valence-corrected chi connectivity index (χ4v) is 1.41. The number of nitrogens with zero attached hydrogens (tertiary/aromatic N) is 1. The van der Waals surface area contributed by atoms with Crippen molar-refractivity contribution in [2.24, 2.45) is 5.73 Å². The van der Waals surface area contributed by atoms with Gasteiger partial charge in [-0.3, -0.25) is 9.59 Å². The van der Waals surface area contributed by atoms with Gasteiger partial charge in [0.1, 0.15) is 0 Å². The average Bonchev–Trinajstić information content (AvgIpc) is 2.38. The van der Waals surface area contributed by atoms with E-state index in [1.54, 1.807) is 12.1 Å². The van der Waals surface area contributed by atoms with Crippen molar-refractivity contribution in [2.75, 3.05) is 13.1 Å². The third-order valence-electron chi connectivity index (χ3n) is 2.25. The molecule has 0 fully saturated rings. The molecule has 2 amide bonds. The SMILES string of the molecule is C#CCN(CC#C)C(=O)c1cccc(C(N)=O)c1. The van der Waals surface area contributed by atoms with Gasteiger partial charge in [0.15, 0.2) is 0 Å². The third kappa shape index (κ3) is 3.13. The first kappa shape index (κ1) is 13.3. The van der Waals surface area contributed by atoms with Crippen molar-refractivity contribution in [3.63, 3.8) is 0 Å². The topological polar surface area (TPSA) is 63.4 Å². The summed E-state index contributed by atoms with van der Waals surface area (Å²) in [6.45, 7) is 0.230. The summed E-state index contributed by atoms with van der Waals surface area (Å²) in [6.07, 6.45) is 10.3. The Morgan fingerprint density at radius 3 is 2.22 bits per heavy atom. The van der Waals surface area contributed by atoms with Gasteiger partial charge < -0.3 is 10.6 Å². The molecule has 0 radical (unpaired) electrons. The van der Waals surface area contributed by atoms with E-state index in [1.807, 2.05) is 0 Å². The predicted octanol–water partition coefficient (Wildman–Crippen LogP) is 0.494. The zero-order valence-corrected chi connectivity index (χ0v) is 9.72. The van der Waals surface area contributed by atoms with E-state index in [9.17, 15) is 9.59 Å². The normalized spacial score (nSPS) is 9.00. The molecule has 0 heterocycles. The van der Waals surface area contributed by atoms with Crippen molar-refractivity contribution in [3.05, 3.63) is 35.4 Å². The zero-order valence-electron chi connectivity index (χ0n) is 9.72. The standard InChI is InChI=1S/C14H12N2O2/c1-3-8-16(9-4-2)14(18)12-7-5-6-11(10-12)13(15)17/h1-2,5-7,10H,8-9H2,(H2,15,17). The van der Waals surface area contributed by atoms with Crippen LogP contribution in [0, 0.1) is 24.7 Å². The molecule has 0 aromatic heterocycles. The van der Waals surface area contributed by atoms with Crippen LogP contribution in [-0.2, 0) is 0 Å². The lowest BCUT2D eigenvalue weighted by molar-refractivity contribution is 0.0796. The maximum Gasteiger partial charge on any atom is 0.255 e. The molecule has 0 unspecified atom stereocenters. The molecule has 0 aliphatic carbocycles. The van der Waals surface area contributed by atoms with Crippen molar-refractivity contribution in [2.45, 2.75) is 0 Å². The maximum absolute atomic E-state index is 12.1. The maximum atomic E-state index is 12.1. The molecule has 0 bridgehead atoms. The fourth-order valence-electron chi connectivity index (χ4n) is 1.41. The van der Waals surface area contributed by atoms with Gasteiger partial charge in [0.25, 0.3) is 5.91 Å². The molecule has 1 aromatic rings. The average molecular weight is 240 g/mol. The molecule has 0 atom stereocenters. The van der Waals surface area contributed by atoms with Crippen LogP contribution in [0.1, 0.15) is 20.7 Å². The highest BCUT2D eigenvalue weighted by Crippen LogP contribution is 2.08. The summed E-state index contributed by atoms with van der Waals surface area (Å²) in [5.41, 5.74) is 5.74. The highest BCUT2D eigenvalue weighted by atomic mass is 16.2. The number of carbonyl (C=O) groups excluding carboxylic acids is 2. The first-order valence-corrected chi connectivity index (χ1v) is 5.16. The second-order valence-corrected chi connectivity index (χ2v) is 3.51. The van der Waals surface area contributed by atoms with E-state index in [2.05, 4.69) is 11.8 Å². The van der Waals surface area contributed by atoms with Crippen LogP contribution in [0.5, 0.6) is 0 Å². The number of hydrogen-bond acceptors (Lipinski definition) is 2. The summed E-state index contributed by atoms with van der Waals surface area (Å²) in [6, 6.07) is 6.11. The number of terminal acetylenes is 2. The van der Waals surface area contributed by atoms with Gasteiger partial charge >= 0.3 is 0 Å². The second-order valence-electron chi connectivity index (χ2n) is 3.51. The lowest BCUT2D eigenvalue weighted by Crippen LogP contribution is -2.32. The number of carbonyl (C=O) groups is 2. The van der Waals surface area contributed by atoms with Gasteiger partial charge in [-0.05, 0) is 18.2 Å². The quantitative estimate of drug-likeness (QED) is 0.779. The fraction of sp³-hybridized carbons (Fsp3) is 0.143. The molecule has 0 saturated carbocycles. The highest BCUT2D eigenvalue weighted by molar-refractivity contribution is 5.99. The number of rotatable bonds is 4. The Morgan fingerprint density at radius 1 is 1.17 bits per heavy atom. The van der Waals surface area contributed by atoms with Crippen LogP contribution >= 0.6 is 0 Å². The monoisotopic (exact) mass is 240 g/mol. The largest absolute Gasteiger partial charge is 0.366 e. The van der Waals surface area contributed by atoms with E-state index in [1.165, 1.54) is 17.0 Å². The van der Waals surface area contributed by atoms with Gasteiger partial charge in [-0.2, -0.15) is 0 Å². The Morgan fingerprint density at radius 2 is 1.72 bits per heavy atom. The number of primary amides is 1. The van der Waals surface area contributed by atoms with Crippen LogP contribution in [-0.4, -0.2) is 29.8 Å². The molecule has 2 N–H and O–H groups in total. The minimum Gasteiger partial charge on any atom is -0.366 e. The van der Waals surface area contributed by atoms with Gasteiger partial charge in [0.05, 0.1) is 13.1 Å². The highest BCUT2D eigenvalue weighted by Gasteiger charge is 2.14. The number of amides is 2. The Kier molecular flexibility index (Phi) is 4.54. The second kappa shape index (κ2) is 6.12. The van der Waals surface area contributed by atoms with Crippen molar-refractivity contribution in [3.8, 4) is 24.7 Å². The molecule has 18 heavy (non-hydrogen) atoms.